The highest BCUT2D eigenvalue weighted by molar-refractivity contribution is 14.1. The molecule has 2 heterocycles. The predicted octanol–water partition coefficient (Wildman–Crippen LogP) is 4.37. The average molecular weight is 508 g/mol. The molecular weight excluding hydrogens is 471 g/mol. The lowest BCUT2D eigenvalue weighted by atomic mass is 10.2. The predicted molar refractivity (Wildman–Crippen MR) is 137 cm³/mol. The SMILES string of the molecule is CCI.CCN1CCN(c2ccccc2)CC1.c1ccc(N2CCNCC2)cc1. The standard InChI is InChI=1S/C12H18N2.C10H14N2.C2H5I/c1-2-13-8-10-14(11-9-13)12-6-4-3-5-7-12;1-2-4-10(5-3-1)12-8-6-11-7-9-12;1-2-3/h3-7H,2,8-11H2,1H3;1-5,11H,6-9H2;2H2,1H3. The molecule has 2 fully saturated rings. The molecule has 2 aromatic carbocycles. The molecule has 2 aliphatic rings. The summed E-state index contributed by atoms with van der Waals surface area (Å²) in [6.45, 7) is 14.7. The lowest BCUT2D eigenvalue weighted by Crippen LogP contribution is -2.46. The first-order chi connectivity index (χ1) is 14.3. The van der Waals surface area contributed by atoms with Gasteiger partial charge in [0.05, 0.1) is 0 Å². The summed E-state index contributed by atoms with van der Waals surface area (Å²) in [5.74, 6) is 0. The van der Waals surface area contributed by atoms with Crippen molar-refractivity contribution in [3.05, 3.63) is 60.7 Å². The molecule has 0 saturated carbocycles. The van der Waals surface area contributed by atoms with Crippen LogP contribution in [0, 0.1) is 0 Å². The number of halogens is 1. The second-order valence-corrected chi connectivity index (χ2v) is 8.62. The zero-order valence-corrected chi connectivity index (χ0v) is 20.2. The number of nitrogens with one attached hydrogen (secondary N) is 1. The summed E-state index contributed by atoms with van der Waals surface area (Å²) in [6.07, 6.45) is 0. The fourth-order valence-corrected chi connectivity index (χ4v) is 3.52. The van der Waals surface area contributed by atoms with Crippen LogP contribution in [0.2, 0.25) is 0 Å². The molecule has 4 rings (SSSR count). The van der Waals surface area contributed by atoms with E-state index in [1.165, 1.54) is 35.4 Å². The maximum atomic E-state index is 3.34. The van der Waals surface area contributed by atoms with Crippen LogP contribution in [0.1, 0.15) is 13.8 Å². The summed E-state index contributed by atoms with van der Waals surface area (Å²) >= 11 is 2.29. The third-order valence-electron chi connectivity index (χ3n) is 5.18. The minimum absolute atomic E-state index is 1.11. The van der Waals surface area contributed by atoms with Crippen LogP contribution in [0.3, 0.4) is 0 Å². The molecule has 160 valence electrons. The van der Waals surface area contributed by atoms with Crippen molar-refractivity contribution in [1.29, 1.82) is 0 Å². The van der Waals surface area contributed by atoms with E-state index in [9.17, 15) is 0 Å². The Balaban J connectivity index is 0.000000184. The zero-order chi connectivity index (χ0) is 20.7. The number of likely N-dealkylation sites (N-methyl/N-ethyl adjacent to an activating group) is 1. The Morgan fingerprint density at radius 3 is 1.52 bits per heavy atom. The monoisotopic (exact) mass is 508 g/mol. The lowest BCUT2D eigenvalue weighted by molar-refractivity contribution is 0.271. The van der Waals surface area contributed by atoms with Crippen LogP contribution in [0.4, 0.5) is 11.4 Å². The summed E-state index contributed by atoms with van der Waals surface area (Å²) in [5.41, 5.74) is 2.71. The molecule has 1 N–H and O–H groups in total. The molecule has 2 saturated heterocycles. The van der Waals surface area contributed by atoms with Gasteiger partial charge in [-0.05, 0) is 35.2 Å². The van der Waals surface area contributed by atoms with Crippen molar-refractivity contribution in [2.24, 2.45) is 0 Å². The quantitative estimate of drug-likeness (QED) is 0.491. The number of alkyl halides is 1. The Morgan fingerprint density at radius 2 is 1.10 bits per heavy atom. The van der Waals surface area contributed by atoms with Crippen molar-refractivity contribution >= 4 is 34.0 Å². The molecule has 4 nitrogen and oxygen atoms in total. The molecule has 2 aliphatic heterocycles. The van der Waals surface area contributed by atoms with Gasteiger partial charge in [0.15, 0.2) is 0 Å². The van der Waals surface area contributed by atoms with E-state index in [-0.39, 0.29) is 0 Å². The minimum atomic E-state index is 1.11. The number of nitrogens with zero attached hydrogens (tertiary/aromatic N) is 3. The summed E-state index contributed by atoms with van der Waals surface area (Å²) in [4.78, 5) is 7.38. The van der Waals surface area contributed by atoms with E-state index in [0.717, 1.165) is 39.3 Å². The Labute approximate surface area is 191 Å². The topological polar surface area (TPSA) is 21.8 Å². The van der Waals surface area contributed by atoms with Gasteiger partial charge in [-0.15, -0.1) is 0 Å². The van der Waals surface area contributed by atoms with Crippen molar-refractivity contribution in [3.63, 3.8) is 0 Å². The fourth-order valence-electron chi connectivity index (χ4n) is 3.52. The third kappa shape index (κ3) is 8.93. The van der Waals surface area contributed by atoms with Crippen LogP contribution in [0.25, 0.3) is 0 Å². The number of benzene rings is 2. The number of anilines is 2. The van der Waals surface area contributed by atoms with Gasteiger partial charge in [0.1, 0.15) is 0 Å². The first-order valence-corrected chi connectivity index (χ1v) is 12.4. The van der Waals surface area contributed by atoms with Gasteiger partial charge in [-0.2, -0.15) is 0 Å². The molecule has 0 bridgehead atoms. The normalized spacial score (nSPS) is 16.9. The summed E-state index contributed by atoms with van der Waals surface area (Å²) in [7, 11) is 0. The van der Waals surface area contributed by atoms with Crippen LogP contribution in [-0.4, -0.2) is 68.2 Å². The van der Waals surface area contributed by atoms with Crippen LogP contribution in [0.15, 0.2) is 60.7 Å². The van der Waals surface area contributed by atoms with E-state index >= 15 is 0 Å². The maximum Gasteiger partial charge on any atom is 0.0367 e. The van der Waals surface area contributed by atoms with E-state index < -0.39 is 0 Å². The highest BCUT2D eigenvalue weighted by Crippen LogP contribution is 2.15. The van der Waals surface area contributed by atoms with E-state index in [2.05, 4.69) is 117 Å². The number of hydrogen-bond acceptors (Lipinski definition) is 4. The number of rotatable bonds is 3. The maximum absolute atomic E-state index is 3.34. The van der Waals surface area contributed by atoms with E-state index in [0.29, 0.717) is 0 Å². The Hall–Kier alpha value is -1.31. The lowest BCUT2D eigenvalue weighted by Gasteiger charge is -2.35. The van der Waals surface area contributed by atoms with Gasteiger partial charge in [-0.1, -0.05) is 72.8 Å². The summed E-state index contributed by atoms with van der Waals surface area (Å²) in [5, 5.41) is 3.34. The van der Waals surface area contributed by atoms with Gasteiger partial charge >= 0.3 is 0 Å². The fraction of sp³-hybridized carbons (Fsp3) is 0.500. The molecule has 5 heteroatoms. The first kappa shape index (κ1) is 24.0. The number of piperazine rings is 2. The largest absolute Gasteiger partial charge is 0.369 e. The molecule has 0 radical (unpaired) electrons. The van der Waals surface area contributed by atoms with Crippen LogP contribution in [-0.2, 0) is 0 Å². The van der Waals surface area contributed by atoms with Crippen molar-refractivity contribution in [2.45, 2.75) is 13.8 Å². The van der Waals surface area contributed by atoms with E-state index in [1.807, 2.05) is 0 Å². The second-order valence-electron chi connectivity index (χ2n) is 7.10. The van der Waals surface area contributed by atoms with Gasteiger partial charge in [0.25, 0.3) is 0 Å². The molecule has 2 aromatic rings. The summed E-state index contributed by atoms with van der Waals surface area (Å²) in [6, 6.07) is 21.3. The molecule has 0 amide bonds. The molecular formula is C24H37IN4. The minimum Gasteiger partial charge on any atom is -0.369 e. The highest BCUT2D eigenvalue weighted by Gasteiger charge is 2.14. The van der Waals surface area contributed by atoms with Gasteiger partial charge < -0.3 is 20.0 Å². The molecule has 0 atom stereocenters. The van der Waals surface area contributed by atoms with Crippen molar-refractivity contribution in [2.75, 3.05) is 73.1 Å². The van der Waals surface area contributed by atoms with Gasteiger partial charge in [-0.25, -0.2) is 0 Å². The van der Waals surface area contributed by atoms with E-state index in [4.69, 9.17) is 0 Å². The second kappa shape index (κ2) is 14.6. The van der Waals surface area contributed by atoms with Crippen LogP contribution in [0.5, 0.6) is 0 Å². The van der Waals surface area contributed by atoms with Crippen molar-refractivity contribution in [3.8, 4) is 0 Å². The average Bonchev–Trinajstić information content (AvgIpc) is 2.82. The van der Waals surface area contributed by atoms with Gasteiger partial charge in [-0.3, -0.25) is 0 Å². The number of para-hydroxylation sites is 2. The third-order valence-corrected chi connectivity index (χ3v) is 5.18. The molecule has 0 spiro atoms. The van der Waals surface area contributed by atoms with E-state index in [1.54, 1.807) is 0 Å². The highest BCUT2D eigenvalue weighted by atomic mass is 127. The van der Waals surface area contributed by atoms with Crippen LogP contribution >= 0.6 is 22.6 Å². The van der Waals surface area contributed by atoms with Crippen LogP contribution < -0.4 is 15.1 Å². The smallest absolute Gasteiger partial charge is 0.0367 e. The molecule has 0 aromatic heterocycles. The number of hydrogen-bond donors (Lipinski definition) is 1. The van der Waals surface area contributed by atoms with Crippen molar-refractivity contribution in [1.82, 2.24) is 10.2 Å². The van der Waals surface area contributed by atoms with Gasteiger partial charge in [0.2, 0.25) is 0 Å². The zero-order valence-electron chi connectivity index (χ0n) is 18.1. The Bertz CT molecular complexity index is 624. The Morgan fingerprint density at radius 1 is 0.690 bits per heavy atom. The first-order valence-electron chi connectivity index (χ1n) is 10.9. The summed E-state index contributed by atoms with van der Waals surface area (Å²) < 4.78 is 1.22. The molecule has 0 unspecified atom stereocenters. The Kier molecular flexibility index (Phi) is 12.1. The molecule has 0 aliphatic carbocycles. The van der Waals surface area contributed by atoms with Gasteiger partial charge in [0, 0.05) is 63.7 Å². The molecule has 29 heavy (non-hydrogen) atoms. The van der Waals surface area contributed by atoms with Crippen molar-refractivity contribution < 1.29 is 0 Å².